The second-order valence-corrected chi connectivity index (χ2v) is 5.63. The summed E-state index contributed by atoms with van der Waals surface area (Å²) in [4.78, 5) is 0. The Morgan fingerprint density at radius 2 is 1.57 bits per heavy atom. The van der Waals surface area contributed by atoms with Crippen molar-refractivity contribution in [3.8, 4) is 11.5 Å². The van der Waals surface area contributed by atoms with Gasteiger partial charge in [-0.05, 0) is 48.9 Å². The summed E-state index contributed by atoms with van der Waals surface area (Å²) in [5.41, 5.74) is 1.21. The smallest absolute Gasteiger partial charge is 0.119 e. The van der Waals surface area contributed by atoms with Gasteiger partial charge in [0.05, 0.1) is 0 Å². The highest BCUT2D eigenvalue weighted by atomic mass is 79.9. The van der Waals surface area contributed by atoms with Crippen LogP contribution < -0.4 is 14.8 Å². The second kappa shape index (κ2) is 8.70. The lowest BCUT2D eigenvalue weighted by atomic mass is 10.2. The molecule has 0 fully saturated rings. The van der Waals surface area contributed by atoms with Crippen LogP contribution in [0.15, 0.2) is 53.0 Å². The van der Waals surface area contributed by atoms with E-state index in [-0.39, 0.29) is 0 Å². The van der Waals surface area contributed by atoms with Gasteiger partial charge in [-0.2, -0.15) is 0 Å². The van der Waals surface area contributed by atoms with Crippen LogP contribution in [-0.2, 0) is 0 Å². The Morgan fingerprint density at radius 1 is 0.905 bits per heavy atom. The first-order chi connectivity index (χ1) is 10.2. The third-order valence-electron chi connectivity index (χ3n) is 2.90. The molecule has 0 heterocycles. The molecule has 3 nitrogen and oxygen atoms in total. The zero-order valence-corrected chi connectivity index (χ0v) is 13.7. The van der Waals surface area contributed by atoms with E-state index in [1.807, 2.05) is 42.5 Å². The fraction of sp³-hybridized carbons (Fsp3) is 0.294. The van der Waals surface area contributed by atoms with Crippen molar-refractivity contribution in [2.75, 3.05) is 26.3 Å². The van der Waals surface area contributed by atoms with Crippen LogP contribution >= 0.6 is 15.9 Å². The van der Waals surface area contributed by atoms with Gasteiger partial charge in [-0.15, -0.1) is 0 Å². The van der Waals surface area contributed by atoms with E-state index in [0.29, 0.717) is 13.2 Å². The van der Waals surface area contributed by atoms with Gasteiger partial charge in [0.15, 0.2) is 0 Å². The summed E-state index contributed by atoms with van der Waals surface area (Å²) in [5, 5.41) is 3.29. The number of halogens is 1. The van der Waals surface area contributed by atoms with Crippen LogP contribution in [0.3, 0.4) is 0 Å². The van der Waals surface area contributed by atoms with Gasteiger partial charge >= 0.3 is 0 Å². The number of aryl methyl sites for hydroxylation is 1. The molecule has 0 unspecified atom stereocenters. The molecule has 0 bridgehead atoms. The summed E-state index contributed by atoms with van der Waals surface area (Å²) in [7, 11) is 0. The Morgan fingerprint density at radius 3 is 2.24 bits per heavy atom. The number of rotatable bonds is 8. The van der Waals surface area contributed by atoms with Crippen LogP contribution in [0.1, 0.15) is 5.56 Å². The first-order valence-corrected chi connectivity index (χ1v) is 7.82. The van der Waals surface area contributed by atoms with Crippen LogP contribution in [-0.4, -0.2) is 26.3 Å². The summed E-state index contributed by atoms with van der Waals surface area (Å²) in [6.07, 6.45) is 0. The summed E-state index contributed by atoms with van der Waals surface area (Å²) >= 11 is 3.40. The molecule has 2 aromatic rings. The Kier molecular flexibility index (Phi) is 6.57. The van der Waals surface area contributed by atoms with Crippen molar-refractivity contribution < 1.29 is 9.47 Å². The van der Waals surface area contributed by atoms with E-state index in [2.05, 4.69) is 34.2 Å². The maximum absolute atomic E-state index is 5.66. The van der Waals surface area contributed by atoms with Crippen LogP contribution in [0.4, 0.5) is 0 Å². The summed E-state index contributed by atoms with van der Waals surface area (Å²) < 4.78 is 12.3. The van der Waals surface area contributed by atoms with Gasteiger partial charge in [0, 0.05) is 17.6 Å². The van der Waals surface area contributed by atoms with Crippen LogP contribution in [0.25, 0.3) is 0 Å². The monoisotopic (exact) mass is 349 g/mol. The quantitative estimate of drug-likeness (QED) is 0.735. The minimum Gasteiger partial charge on any atom is -0.492 e. The zero-order valence-electron chi connectivity index (χ0n) is 12.1. The third kappa shape index (κ3) is 6.19. The van der Waals surface area contributed by atoms with Gasteiger partial charge in [0.25, 0.3) is 0 Å². The molecule has 21 heavy (non-hydrogen) atoms. The first-order valence-electron chi connectivity index (χ1n) is 7.02. The standard InChI is InChI=1S/C17H20BrNO2/c1-14-3-2-4-17(13-14)21-12-10-19-9-11-20-16-7-5-15(18)6-8-16/h2-8,13,19H,9-12H2,1H3. The molecule has 0 amide bonds. The zero-order chi connectivity index (χ0) is 14.9. The highest BCUT2D eigenvalue weighted by Gasteiger charge is 1.95. The van der Waals surface area contributed by atoms with Crippen molar-refractivity contribution in [2.45, 2.75) is 6.92 Å². The van der Waals surface area contributed by atoms with Gasteiger partial charge in [-0.3, -0.25) is 0 Å². The van der Waals surface area contributed by atoms with Crippen LogP contribution in [0, 0.1) is 6.92 Å². The van der Waals surface area contributed by atoms with Crippen LogP contribution in [0.5, 0.6) is 11.5 Å². The van der Waals surface area contributed by atoms with E-state index >= 15 is 0 Å². The average Bonchev–Trinajstić information content (AvgIpc) is 2.48. The predicted octanol–water partition coefficient (Wildman–Crippen LogP) is 3.80. The van der Waals surface area contributed by atoms with E-state index in [1.165, 1.54) is 5.56 Å². The van der Waals surface area contributed by atoms with Gasteiger partial charge < -0.3 is 14.8 Å². The summed E-state index contributed by atoms with van der Waals surface area (Å²) in [6, 6.07) is 15.9. The minimum absolute atomic E-state index is 0.645. The number of ether oxygens (including phenoxy) is 2. The molecule has 0 saturated carbocycles. The molecule has 1 N–H and O–H groups in total. The van der Waals surface area contributed by atoms with E-state index in [4.69, 9.17) is 9.47 Å². The van der Waals surface area contributed by atoms with Crippen molar-refractivity contribution >= 4 is 15.9 Å². The molecule has 0 aliphatic heterocycles. The Labute approximate surface area is 134 Å². The van der Waals surface area contributed by atoms with E-state index in [9.17, 15) is 0 Å². The average molecular weight is 350 g/mol. The van der Waals surface area contributed by atoms with Crippen molar-refractivity contribution in [3.05, 3.63) is 58.6 Å². The molecule has 0 aliphatic rings. The molecule has 2 rings (SSSR count). The van der Waals surface area contributed by atoms with Crippen molar-refractivity contribution in [1.82, 2.24) is 5.32 Å². The third-order valence-corrected chi connectivity index (χ3v) is 3.43. The van der Waals surface area contributed by atoms with Crippen molar-refractivity contribution in [3.63, 3.8) is 0 Å². The molecule has 0 atom stereocenters. The fourth-order valence-electron chi connectivity index (χ4n) is 1.84. The van der Waals surface area contributed by atoms with Crippen LogP contribution in [0.2, 0.25) is 0 Å². The highest BCUT2D eigenvalue weighted by molar-refractivity contribution is 9.10. The molecule has 0 aliphatic carbocycles. The molecule has 112 valence electrons. The normalized spacial score (nSPS) is 10.4. The Hall–Kier alpha value is -1.52. The molecule has 0 saturated heterocycles. The van der Waals surface area contributed by atoms with E-state index in [0.717, 1.165) is 29.1 Å². The summed E-state index contributed by atoms with van der Waals surface area (Å²) in [5.74, 6) is 1.80. The number of benzene rings is 2. The lowest BCUT2D eigenvalue weighted by Crippen LogP contribution is -2.25. The lowest BCUT2D eigenvalue weighted by Gasteiger charge is -2.09. The molecule has 0 aromatic heterocycles. The topological polar surface area (TPSA) is 30.5 Å². The van der Waals surface area contributed by atoms with Gasteiger partial charge in [0.2, 0.25) is 0 Å². The predicted molar refractivity (Wildman–Crippen MR) is 89.2 cm³/mol. The number of hydrogen-bond acceptors (Lipinski definition) is 3. The number of nitrogens with one attached hydrogen (secondary N) is 1. The minimum atomic E-state index is 0.645. The second-order valence-electron chi connectivity index (χ2n) is 4.72. The Balaban J connectivity index is 1.53. The van der Waals surface area contributed by atoms with Gasteiger partial charge in [-0.1, -0.05) is 28.1 Å². The maximum atomic E-state index is 5.66. The van der Waals surface area contributed by atoms with E-state index in [1.54, 1.807) is 0 Å². The molecule has 0 radical (unpaired) electrons. The number of hydrogen-bond donors (Lipinski definition) is 1. The molecule has 0 spiro atoms. The van der Waals surface area contributed by atoms with Crippen molar-refractivity contribution in [1.29, 1.82) is 0 Å². The SMILES string of the molecule is Cc1cccc(OCCNCCOc2ccc(Br)cc2)c1. The Bertz CT molecular complexity index is 543. The fourth-order valence-corrected chi connectivity index (χ4v) is 2.11. The molecular formula is C17H20BrNO2. The van der Waals surface area contributed by atoms with Gasteiger partial charge in [-0.25, -0.2) is 0 Å². The summed E-state index contributed by atoms with van der Waals surface area (Å²) in [6.45, 7) is 4.96. The molecule has 4 heteroatoms. The van der Waals surface area contributed by atoms with Gasteiger partial charge in [0.1, 0.15) is 24.7 Å². The van der Waals surface area contributed by atoms with E-state index < -0.39 is 0 Å². The lowest BCUT2D eigenvalue weighted by molar-refractivity contribution is 0.289. The largest absolute Gasteiger partial charge is 0.492 e. The van der Waals surface area contributed by atoms with Crippen molar-refractivity contribution in [2.24, 2.45) is 0 Å². The highest BCUT2D eigenvalue weighted by Crippen LogP contribution is 2.15. The first kappa shape index (κ1) is 15.9. The molecular weight excluding hydrogens is 330 g/mol. The maximum Gasteiger partial charge on any atom is 0.119 e. The molecule has 2 aromatic carbocycles.